The van der Waals surface area contributed by atoms with Crippen LogP contribution in [0.5, 0.6) is 0 Å². The summed E-state index contributed by atoms with van der Waals surface area (Å²) in [6.07, 6.45) is 2.72. The third-order valence-corrected chi connectivity index (χ3v) is 5.51. The number of halogens is 1. The molecule has 0 aliphatic heterocycles. The summed E-state index contributed by atoms with van der Waals surface area (Å²) in [5.74, 6) is 0.664. The smallest absolute Gasteiger partial charge is 0.241 e. The van der Waals surface area contributed by atoms with Gasteiger partial charge >= 0.3 is 0 Å². The Morgan fingerprint density at radius 1 is 1.28 bits per heavy atom. The molecule has 2 heterocycles. The highest BCUT2D eigenvalue weighted by molar-refractivity contribution is 14.0. The molecule has 2 rings (SSSR count). The van der Waals surface area contributed by atoms with Gasteiger partial charge in [0.15, 0.2) is 5.96 Å². The lowest BCUT2D eigenvalue weighted by Crippen LogP contribution is -2.43. The van der Waals surface area contributed by atoms with Crippen LogP contribution >= 0.6 is 35.3 Å². The number of likely N-dealkylation sites (N-methyl/N-ethyl adjacent to an activating group) is 1. The summed E-state index contributed by atoms with van der Waals surface area (Å²) in [5.41, 5.74) is 3.49. The first kappa shape index (κ1) is 25.4. The third kappa shape index (κ3) is 7.61. The van der Waals surface area contributed by atoms with Crippen molar-refractivity contribution in [2.75, 3.05) is 27.2 Å². The molecular weight excluding hydrogens is 499 g/mol. The van der Waals surface area contributed by atoms with E-state index in [1.807, 2.05) is 11.7 Å². The van der Waals surface area contributed by atoms with Gasteiger partial charge in [-0.3, -0.25) is 9.48 Å². The number of nitrogens with zero attached hydrogens (tertiary/aromatic N) is 4. The fourth-order valence-electron chi connectivity index (χ4n) is 2.98. The van der Waals surface area contributed by atoms with Crippen molar-refractivity contribution in [2.24, 2.45) is 12.0 Å². The number of nitrogens with one attached hydrogen (secondary N) is 2. The SMILES string of the molecule is CCc1nn(C)c(CC)c1CN=C(NCCc1cccs1)NCC(=O)N(C)C.I. The van der Waals surface area contributed by atoms with Crippen molar-refractivity contribution in [3.63, 3.8) is 0 Å². The van der Waals surface area contributed by atoms with Gasteiger partial charge in [0.1, 0.15) is 0 Å². The van der Waals surface area contributed by atoms with Crippen molar-refractivity contribution < 1.29 is 4.79 Å². The van der Waals surface area contributed by atoms with E-state index in [-0.39, 0.29) is 36.4 Å². The molecule has 0 aliphatic carbocycles. The molecule has 0 unspecified atom stereocenters. The lowest BCUT2D eigenvalue weighted by Gasteiger charge is -2.15. The molecule has 9 heteroatoms. The van der Waals surface area contributed by atoms with Crippen molar-refractivity contribution in [1.82, 2.24) is 25.3 Å². The van der Waals surface area contributed by atoms with Crippen LogP contribution in [0.2, 0.25) is 0 Å². The number of aliphatic imine (C=N–C) groups is 1. The number of aromatic nitrogens is 2. The lowest BCUT2D eigenvalue weighted by atomic mass is 10.1. The summed E-state index contributed by atoms with van der Waals surface area (Å²) in [6.45, 7) is 5.77. The van der Waals surface area contributed by atoms with Gasteiger partial charge < -0.3 is 15.5 Å². The molecule has 7 nitrogen and oxygen atoms in total. The second-order valence-electron chi connectivity index (χ2n) is 6.77. The Labute approximate surface area is 195 Å². The van der Waals surface area contributed by atoms with Gasteiger partial charge in [0, 0.05) is 43.8 Å². The highest BCUT2D eigenvalue weighted by Gasteiger charge is 2.14. The topological polar surface area (TPSA) is 74.5 Å². The fourth-order valence-corrected chi connectivity index (χ4v) is 3.69. The first-order valence-corrected chi connectivity index (χ1v) is 10.6. The minimum absolute atomic E-state index is 0. The van der Waals surface area contributed by atoms with Crippen LogP contribution in [-0.4, -0.2) is 53.7 Å². The Kier molecular flexibility index (Phi) is 11.3. The van der Waals surface area contributed by atoms with Crippen molar-refractivity contribution in [3.8, 4) is 0 Å². The van der Waals surface area contributed by atoms with Crippen LogP contribution in [0.25, 0.3) is 0 Å². The number of amides is 1. The number of hydrogen-bond donors (Lipinski definition) is 2. The second kappa shape index (κ2) is 12.8. The highest BCUT2D eigenvalue weighted by Crippen LogP contribution is 2.16. The van der Waals surface area contributed by atoms with Gasteiger partial charge in [-0.25, -0.2) is 4.99 Å². The van der Waals surface area contributed by atoms with Crippen LogP contribution < -0.4 is 10.6 Å². The standard InChI is InChI=1S/C20H32N6OS.HI/c1-6-17-16(18(7-2)26(5)24-17)13-22-20(23-14-19(27)25(3)4)21-11-10-15-9-8-12-28-15;/h8-9,12H,6-7,10-11,13-14H2,1-5H3,(H2,21,22,23);1H. The molecule has 0 radical (unpaired) electrons. The van der Waals surface area contributed by atoms with Crippen molar-refractivity contribution in [2.45, 2.75) is 39.7 Å². The molecule has 2 N–H and O–H groups in total. The van der Waals surface area contributed by atoms with Gasteiger partial charge in [-0.05, 0) is 30.7 Å². The number of hydrogen-bond acceptors (Lipinski definition) is 4. The molecule has 0 bridgehead atoms. The number of carbonyl (C=O) groups excluding carboxylic acids is 1. The maximum atomic E-state index is 12.0. The van der Waals surface area contributed by atoms with E-state index in [2.05, 4.69) is 47.1 Å². The van der Waals surface area contributed by atoms with Gasteiger partial charge in [0.05, 0.1) is 18.8 Å². The van der Waals surface area contributed by atoms with Crippen molar-refractivity contribution >= 4 is 47.2 Å². The maximum Gasteiger partial charge on any atom is 0.241 e. The largest absolute Gasteiger partial charge is 0.356 e. The highest BCUT2D eigenvalue weighted by atomic mass is 127. The van der Waals surface area contributed by atoms with Crippen LogP contribution in [0.1, 0.15) is 35.7 Å². The first-order valence-electron chi connectivity index (χ1n) is 9.74. The van der Waals surface area contributed by atoms with E-state index in [4.69, 9.17) is 4.99 Å². The molecule has 0 fully saturated rings. The predicted molar refractivity (Wildman–Crippen MR) is 131 cm³/mol. The van der Waals surface area contributed by atoms with Gasteiger partial charge in [0.2, 0.25) is 5.91 Å². The maximum absolute atomic E-state index is 12.0. The average Bonchev–Trinajstić information content (AvgIpc) is 3.30. The van der Waals surface area contributed by atoms with Crippen LogP contribution in [-0.2, 0) is 37.6 Å². The molecule has 2 aromatic rings. The Morgan fingerprint density at radius 3 is 2.62 bits per heavy atom. The third-order valence-electron chi connectivity index (χ3n) is 4.57. The molecule has 0 saturated carbocycles. The second-order valence-corrected chi connectivity index (χ2v) is 7.80. The van der Waals surface area contributed by atoms with E-state index >= 15 is 0 Å². The lowest BCUT2D eigenvalue weighted by molar-refractivity contribution is -0.127. The van der Waals surface area contributed by atoms with Gasteiger partial charge in [0.25, 0.3) is 0 Å². The van der Waals surface area contributed by atoms with E-state index in [1.165, 1.54) is 16.1 Å². The Hall–Kier alpha value is -1.62. The summed E-state index contributed by atoms with van der Waals surface area (Å²) in [5, 5.41) is 13.2. The minimum Gasteiger partial charge on any atom is -0.356 e. The van der Waals surface area contributed by atoms with Crippen molar-refractivity contribution in [3.05, 3.63) is 39.3 Å². The van der Waals surface area contributed by atoms with Gasteiger partial charge in [-0.2, -0.15) is 5.10 Å². The zero-order chi connectivity index (χ0) is 20.5. The molecule has 0 spiro atoms. The monoisotopic (exact) mass is 532 g/mol. The fraction of sp³-hybridized carbons (Fsp3) is 0.550. The number of carbonyl (C=O) groups is 1. The Balaban J connectivity index is 0.00000420. The van der Waals surface area contributed by atoms with Crippen LogP contribution in [0, 0.1) is 0 Å². The number of guanidine groups is 1. The molecule has 29 heavy (non-hydrogen) atoms. The summed E-state index contributed by atoms with van der Waals surface area (Å²) in [4.78, 5) is 19.6. The first-order chi connectivity index (χ1) is 13.5. The Morgan fingerprint density at radius 2 is 2.03 bits per heavy atom. The van der Waals surface area contributed by atoms with E-state index in [1.54, 1.807) is 30.3 Å². The van der Waals surface area contributed by atoms with E-state index in [9.17, 15) is 4.79 Å². The van der Waals surface area contributed by atoms with Crippen LogP contribution in [0.4, 0.5) is 0 Å². The summed E-state index contributed by atoms with van der Waals surface area (Å²) < 4.78 is 1.95. The number of rotatable bonds is 9. The summed E-state index contributed by atoms with van der Waals surface area (Å²) >= 11 is 1.75. The molecule has 1 amide bonds. The van der Waals surface area contributed by atoms with Crippen LogP contribution in [0.3, 0.4) is 0 Å². The van der Waals surface area contributed by atoms with Gasteiger partial charge in [-0.15, -0.1) is 35.3 Å². The van der Waals surface area contributed by atoms with Crippen LogP contribution in [0.15, 0.2) is 22.5 Å². The molecule has 0 atom stereocenters. The van der Waals surface area contributed by atoms with E-state index < -0.39 is 0 Å². The Bertz CT molecular complexity index is 785. The normalized spacial score (nSPS) is 11.1. The molecule has 2 aromatic heterocycles. The average molecular weight is 532 g/mol. The number of aryl methyl sites for hydroxylation is 2. The zero-order valence-corrected chi connectivity index (χ0v) is 21.1. The predicted octanol–water partition coefficient (Wildman–Crippen LogP) is 2.59. The van der Waals surface area contributed by atoms with Crippen molar-refractivity contribution in [1.29, 1.82) is 0 Å². The van der Waals surface area contributed by atoms with Gasteiger partial charge in [-0.1, -0.05) is 19.9 Å². The minimum atomic E-state index is 0. The molecule has 162 valence electrons. The quantitative estimate of drug-likeness (QED) is 0.296. The molecule has 0 aromatic carbocycles. The summed E-state index contributed by atoms with van der Waals surface area (Å²) in [6, 6.07) is 4.19. The van der Waals surface area contributed by atoms with E-state index in [0.29, 0.717) is 12.5 Å². The molecule has 0 saturated heterocycles. The summed E-state index contributed by atoms with van der Waals surface area (Å²) in [7, 11) is 5.49. The molecule has 0 aliphatic rings. The number of thiophene rings is 1. The zero-order valence-electron chi connectivity index (χ0n) is 18.0. The molecular formula is C20H33IN6OS. The van der Waals surface area contributed by atoms with E-state index in [0.717, 1.165) is 31.5 Å².